The highest BCUT2D eigenvalue weighted by Gasteiger charge is 2.10. The smallest absolute Gasteiger partial charge is 0.0762 e. The summed E-state index contributed by atoms with van der Waals surface area (Å²) in [5.41, 5.74) is 4.67. The number of rotatable bonds is 4. The molecule has 0 spiro atoms. The Balaban J connectivity index is 2.21. The van der Waals surface area contributed by atoms with Crippen molar-refractivity contribution in [2.24, 2.45) is 0 Å². The van der Waals surface area contributed by atoms with E-state index in [1.807, 2.05) is 18.2 Å². The third-order valence-corrected chi connectivity index (χ3v) is 4.17. The Morgan fingerprint density at radius 3 is 2.50 bits per heavy atom. The Bertz CT molecular complexity index is 595. The molecule has 0 heterocycles. The molecule has 2 aromatic carbocycles. The minimum absolute atomic E-state index is 0.443. The van der Waals surface area contributed by atoms with Crippen LogP contribution in [0.15, 0.2) is 46.9 Å². The van der Waals surface area contributed by atoms with Crippen LogP contribution in [0.1, 0.15) is 29.7 Å². The number of halogens is 1. The molecule has 3 heteroatoms. The Labute approximate surface area is 129 Å². The van der Waals surface area contributed by atoms with Gasteiger partial charge in [-0.2, -0.15) is 0 Å². The minimum Gasteiger partial charge on any atom is -0.389 e. The van der Waals surface area contributed by atoms with Crippen LogP contribution < -0.4 is 4.90 Å². The normalized spacial score (nSPS) is 12.2. The number of aryl methyl sites for hydroxylation is 1. The van der Waals surface area contributed by atoms with Gasteiger partial charge in [-0.1, -0.05) is 30.3 Å². The zero-order valence-corrected chi connectivity index (χ0v) is 13.7. The number of aliphatic hydroxyl groups excluding tert-OH is 1. The molecular formula is C17H20BrNO. The highest BCUT2D eigenvalue weighted by Crippen LogP contribution is 2.29. The molecule has 0 aliphatic heterocycles. The van der Waals surface area contributed by atoms with E-state index in [1.54, 1.807) is 6.92 Å². The van der Waals surface area contributed by atoms with Crippen molar-refractivity contribution in [3.8, 4) is 0 Å². The lowest BCUT2D eigenvalue weighted by atomic mass is 10.1. The van der Waals surface area contributed by atoms with Crippen LogP contribution in [0.2, 0.25) is 0 Å². The summed E-state index contributed by atoms with van der Waals surface area (Å²) in [6.07, 6.45) is -0.443. The average molecular weight is 334 g/mol. The summed E-state index contributed by atoms with van der Waals surface area (Å²) in [5, 5.41) is 9.61. The van der Waals surface area contributed by atoms with Crippen molar-refractivity contribution < 1.29 is 5.11 Å². The fourth-order valence-electron chi connectivity index (χ4n) is 2.22. The van der Waals surface area contributed by atoms with Gasteiger partial charge in [-0.25, -0.2) is 0 Å². The Kier molecular flexibility index (Phi) is 4.84. The van der Waals surface area contributed by atoms with Gasteiger partial charge in [-0.15, -0.1) is 0 Å². The first kappa shape index (κ1) is 15.1. The predicted octanol–water partition coefficient (Wildman–Crippen LogP) is 4.45. The molecule has 0 saturated carbocycles. The molecule has 0 radical (unpaired) electrons. The summed E-state index contributed by atoms with van der Waals surface area (Å²) in [7, 11) is 2.08. The lowest BCUT2D eigenvalue weighted by molar-refractivity contribution is 0.199. The number of nitrogens with zero attached hydrogens (tertiary/aromatic N) is 1. The molecule has 0 aromatic heterocycles. The first-order valence-electron chi connectivity index (χ1n) is 6.72. The number of hydrogen-bond acceptors (Lipinski definition) is 2. The molecule has 0 unspecified atom stereocenters. The van der Waals surface area contributed by atoms with E-state index in [-0.39, 0.29) is 0 Å². The summed E-state index contributed by atoms with van der Waals surface area (Å²) in [4.78, 5) is 2.21. The molecule has 2 nitrogen and oxygen atoms in total. The number of hydrogen-bond donors (Lipinski definition) is 1. The van der Waals surface area contributed by atoms with Gasteiger partial charge < -0.3 is 10.0 Å². The number of benzene rings is 2. The summed E-state index contributed by atoms with van der Waals surface area (Å²) in [6.45, 7) is 4.77. The van der Waals surface area contributed by atoms with Gasteiger partial charge in [-0.3, -0.25) is 0 Å². The Hall–Kier alpha value is -1.32. The lowest BCUT2D eigenvalue weighted by Gasteiger charge is -2.22. The molecule has 1 N–H and O–H groups in total. The molecular weight excluding hydrogens is 314 g/mol. The fraction of sp³-hybridized carbons (Fsp3) is 0.294. The van der Waals surface area contributed by atoms with Gasteiger partial charge in [0.2, 0.25) is 0 Å². The maximum atomic E-state index is 9.61. The summed E-state index contributed by atoms with van der Waals surface area (Å²) in [5.74, 6) is 0. The highest BCUT2D eigenvalue weighted by atomic mass is 79.9. The molecule has 1 atom stereocenters. The summed E-state index contributed by atoms with van der Waals surface area (Å²) < 4.78 is 1.01. The molecule has 0 amide bonds. The van der Waals surface area contributed by atoms with Crippen LogP contribution in [0, 0.1) is 6.92 Å². The Morgan fingerprint density at radius 2 is 1.90 bits per heavy atom. The first-order valence-corrected chi connectivity index (χ1v) is 7.51. The molecule has 0 aliphatic carbocycles. The average Bonchev–Trinajstić information content (AvgIpc) is 2.41. The van der Waals surface area contributed by atoms with Gasteiger partial charge in [0.15, 0.2) is 0 Å². The maximum Gasteiger partial charge on any atom is 0.0762 e. The zero-order chi connectivity index (χ0) is 14.7. The molecule has 0 saturated heterocycles. The van der Waals surface area contributed by atoms with Crippen molar-refractivity contribution >= 4 is 21.6 Å². The number of anilines is 1. The minimum atomic E-state index is -0.443. The molecule has 0 fully saturated rings. The summed E-state index contributed by atoms with van der Waals surface area (Å²) >= 11 is 3.60. The van der Waals surface area contributed by atoms with Crippen LogP contribution in [0.25, 0.3) is 0 Å². The van der Waals surface area contributed by atoms with Crippen molar-refractivity contribution in [1.82, 2.24) is 0 Å². The second kappa shape index (κ2) is 6.42. The van der Waals surface area contributed by atoms with Crippen LogP contribution in [0.4, 0.5) is 5.69 Å². The van der Waals surface area contributed by atoms with Gasteiger partial charge >= 0.3 is 0 Å². The monoisotopic (exact) mass is 333 g/mol. The maximum absolute atomic E-state index is 9.61. The third-order valence-electron chi connectivity index (χ3n) is 3.53. The van der Waals surface area contributed by atoms with E-state index in [2.05, 4.69) is 59.1 Å². The lowest BCUT2D eigenvalue weighted by Crippen LogP contribution is -2.17. The van der Waals surface area contributed by atoms with E-state index in [1.165, 1.54) is 11.1 Å². The molecule has 0 bridgehead atoms. The van der Waals surface area contributed by atoms with Gasteiger partial charge in [-0.05, 0) is 58.6 Å². The Morgan fingerprint density at radius 1 is 1.20 bits per heavy atom. The van der Waals surface area contributed by atoms with E-state index in [0.29, 0.717) is 0 Å². The standard InChI is InChI=1S/C17H20BrNO/c1-12-6-4-5-7-15(12)11-19(3)17-9-8-14(13(2)20)10-16(17)18/h4-10,13,20H,11H2,1-3H3/t13-/m1/s1. The van der Waals surface area contributed by atoms with Crippen molar-refractivity contribution in [3.05, 3.63) is 63.6 Å². The molecule has 20 heavy (non-hydrogen) atoms. The molecule has 2 aromatic rings. The van der Waals surface area contributed by atoms with Crippen molar-refractivity contribution in [1.29, 1.82) is 0 Å². The van der Waals surface area contributed by atoms with Crippen molar-refractivity contribution in [2.45, 2.75) is 26.5 Å². The quantitative estimate of drug-likeness (QED) is 0.893. The first-order chi connectivity index (χ1) is 9.49. The zero-order valence-electron chi connectivity index (χ0n) is 12.1. The van der Waals surface area contributed by atoms with E-state index < -0.39 is 6.10 Å². The van der Waals surface area contributed by atoms with Gasteiger partial charge in [0.1, 0.15) is 0 Å². The number of aliphatic hydroxyl groups is 1. The molecule has 106 valence electrons. The van der Waals surface area contributed by atoms with Crippen molar-refractivity contribution in [2.75, 3.05) is 11.9 Å². The van der Waals surface area contributed by atoms with Gasteiger partial charge in [0.05, 0.1) is 11.8 Å². The highest BCUT2D eigenvalue weighted by molar-refractivity contribution is 9.10. The van der Waals surface area contributed by atoms with Crippen LogP contribution >= 0.6 is 15.9 Å². The fourth-order valence-corrected chi connectivity index (χ4v) is 2.92. The largest absolute Gasteiger partial charge is 0.389 e. The van der Waals surface area contributed by atoms with Gasteiger partial charge in [0, 0.05) is 18.1 Å². The van der Waals surface area contributed by atoms with E-state index in [4.69, 9.17) is 0 Å². The van der Waals surface area contributed by atoms with E-state index in [9.17, 15) is 5.11 Å². The van der Waals surface area contributed by atoms with Crippen LogP contribution in [0.3, 0.4) is 0 Å². The van der Waals surface area contributed by atoms with E-state index in [0.717, 1.165) is 22.3 Å². The topological polar surface area (TPSA) is 23.5 Å². The summed E-state index contributed by atoms with van der Waals surface area (Å²) in [6, 6.07) is 14.4. The van der Waals surface area contributed by atoms with E-state index >= 15 is 0 Å². The van der Waals surface area contributed by atoms with Gasteiger partial charge in [0.25, 0.3) is 0 Å². The molecule has 0 aliphatic rings. The predicted molar refractivity (Wildman–Crippen MR) is 88.1 cm³/mol. The second-order valence-electron chi connectivity index (χ2n) is 5.17. The van der Waals surface area contributed by atoms with Crippen LogP contribution in [-0.4, -0.2) is 12.2 Å². The SMILES string of the molecule is Cc1ccccc1CN(C)c1ccc([C@@H](C)O)cc1Br. The molecule has 2 rings (SSSR count). The van der Waals surface area contributed by atoms with Crippen molar-refractivity contribution in [3.63, 3.8) is 0 Å². The van der Waals surface area contributed by atoms with Crippen LogP contribution in [-0.2, 0) is 6.54 Å². The second-order valence-corrected chi connectivity index (χ2v) is 6.02. The van der Waals surface area contributed by atoms with Crippen LogP contribution in [0.5, 0.6) is 0 Å². The third kappa shape index (κ3) is 3.41.